The van der Waals surface area contributed by atoms with Gasteiger partial charge in [-0.05, 0) is 12.1 Å². The Morgan fingerprint density at radius 1 is 1.27 bits per heavy atom. The van der Waals surface area contributed by atoms with Gasteiger partial charge in [0.25, 0.3) is 5.91 Å². The number of carbonyl (C=O) groups excluding carboxylic acids is 1. The normalized spacial score (nSPS) is 11.6. The van der Waals surface area contributed by atoms with Crippen LogP contribution in [0.3, 0.4) is 0 Å². The third-order valence-corrected chi connectivity index (χ3v) is 1.94. The molecule has 0 aliphatic rings. The van der Waals surface area contributed by atoms with Crippen molar-refractivity contribution in [3.05, 3.63) is 35.9 Å². The number of carbonyl (C=O) groups is 1. The lowest BCUT2D eigenvalue weighted by atomic mass is 10.2. The lowest BCUT2D eigenvalue weighted by Crippen LogP contribution is -2.12. The Kier molecular flexibility index (Phi) is 4.03. The zero-order valence-electron chi connectivity index (χ0n) is 9.23. The van der Waals surface area contributed by atoms with Crippen molar-refractivity contribution < 1.29 is 9.53 Å². The van der Waals surface area contributed by atoms with Crippen LogP contribution in [0.15, 0.2) is 35.3 Å². The van der Waals surface area contributed by atoms with Crippen LogP contribution in [0.5, 0.6) is 0 Å². The monoisotopic (exact) mass is 205 g/mol. The molecule has 1 aromatic carbocycles. The molecule has 3 heteroatoms. The van der Waals surface area contributed by atoms with Gasteiger partial charge in [0.05, 0.1) is 7.11 Å². The minimum Gasteiger partial charge on any atom is -0.484 e. The topological polar surface area (TPSA) is 38.7 Å². The molecule has 0 fully saturated rings. The van der Waals surface area contributed by atoms with Crippen LogP contribution in [0, 0.1) is 5.92 Å². The molecule has 3 nitrogen and oxygen atoms in total. The fourth-order valence-electron chi connectivity index (χ4n) is 1.16. The van der Waals surface area contributed by atoms with Gasteiger partial charge in [-0.2, -0.15) is 4.99 Å². The van der Waals surface area contributed by atoms with Gasteiger partial charge in [-0.3, -0.25) is 4.79 Å². The average molecular weight is 205 g/mol. The van der Waals surface area contributed by atoms with E-state index in [1.807, 2.05) is 32.0 Å². The van der Waals surface area contributed by atoms with Crippen LogP contribution in [-0.4, -0.2) is 18.9 Å². The summed E-state index contributed by atoms with van der Waals surface area (Å²) in [6.45, 7) is 3.86. The van der Waals surface area contributed by atoms with Gasteiger partial charge in [0.1, 0.15) is 0 Å². The predicted octanol–water partition coefficient (Wildman–Crippen LogP) is 2.53. The lowest BCUT2D eigenvalue weighted by Gasteiger charge is -2.07. The average Bonchev–Trinajstić information content (AvgIpc) is 2.26. The summed E-state index contributed by atoms with van der Waals surface area (Å²) in [5, 5.41) is 0. The van der Waals surface area contributed by atoms with Crippen molar-refractivity contribution in [2.45, 2.75) is 13.8 Å². The maximum atomic E-state index is 11.7. The highest BCUT2D eigenvalue weighted by atomic mass is 16.5. The van der Waals surface area contributed by atoms with Crippen molar-refractivity contribution in [1.29, 1.82) is 0 Å². The number of amides is 1. The van der Waals surface area contributed by atoms with Crippen LogP contribution in [-0.2, 0) is 4.74 Å². The summed E-state index contributed by atoms with van der Waals surface area (Å²) < 4.78 is 5.03. The number of ether oxygens (including phenoxy) is 1. The number of hydrogen-bond acceptors (Lipinski definition) is 2. The molecule has 0 atom stereocenters. The van der Waals surface area contributed by atoms with Crippen LogP contribution in [0.4, 0.5) is 0 Å². The molecule has 0 saturated carbocycles. The van der Waals surface area contributed by atoms with E-state index in [1.54, 1.807) is 12.1 Å². The van der Waals surface area contributed by atoms with Crippen LogP contribution >= 0.6 is 0 Å². The molecule has 0 radical (unpaired) electrons. The predicted molar refractivity (Wildman–Crippen MR) is 60.1 cm³/mol. The van der Waals surface area contributed by atoms with E-state index in [-0.39, 0.29) is 11.8 Å². The quantitative estimate of drug-likeness (QED) is 0.549. The number of benzene rings is 1. The number of rotatable bonds is 2. The highest BCUT2D eigenvalue weighted by Gasteiger charge is 2.09. The molecule has 1 amide bonds. The van der Waals surface area contributed by atoms with Crippen molar-refractivity contribution in [1.82, 2.24) is 0 Å². The standard InChI is InChI=1S/C12H15NO2/c1-9(2)12(15-3)13-11(14)10-7-5-4-6-8-10/h4-9H,1-3H3. The second kappa shape index (κ2) is 5.29. The molecule has 80 valence electrons. The molecule has 0 bridgehead atoms. The minimum absolute atomic E-state index is 0.114. The Morgan fingerprint density at radius 2 is 1.87 bits per heavy atom. The van der Waals surface area contributed by atoms with Gasteiger partial charge in [-0.15, -0.1) is 0 Å². The van der Waals surface area contributed by atoms with Crippen LogP contribution in [0.25, 0.3) is 0 Å². The van der Waals surface area contributed by atoms with Crippen molar-refractivity contribution in [2.75, 3.05) is 7.11 Å². The van der Waals surface area contributed by atoms with Crippen LogP contribution in [0.1, 0.15) is 24.2 Å². The van der Waals surface area contributed by atoms with E-state index < -0.39 is 0 Å². The van der Waals surface area contributed by atoms with Gasteiger partial charge in [0.15, 0.2) is 5.90 Å². The molecule has 0 heterocycles. The molecule has 15 heavy (non-hydrogen) atoms. The molecule has 0 aliphatic carbocycles. The number of methoxy groups -OCH3 is 1. The first kappa shape index (κ1) is 11.4. The van der Waals surface area contributed by atoms with Gasteiger partial charge in [0, 0.05) is 11.5 Å². The third-order valence-electron chi connectivity index (χ3n) is 1.94. The van der Waals surface area contributed by atoms with Gasteiger partial charge >= 0.3 is 0 Å². The van der Waals surface area contributed by atoms with E-state index in [0.717, 1.165) is 0 Å². The third kappa shape index (κ3) is 3.20. The first-order valence-corrected chi connectivity index (χ1v) is 4.87. The van der Waals surface area contributed by atoms with Gasteiger partial charge in [-0.1, -0.05) is 32.0 Å². The summed E-state index contributed by atoms with van der Waals surface area (Å²) in [6, 6.07) is 8.95. The Morgan fingerprint density at radius 3 is 2.33 bits per heavy atom. The Labute approximate surface area is 89.8 Å². The van der Waals surface area contributed by atoms with E-state index in [0.29, 0.717) is 11.5 Å². The zero-order chi connectivity index (χ0) is 11.3. The largest absolute Gasteiger partial charge is 0.484 e. The summed E-state index contributed by atoms with van der Waals surface area (Å²) in [5.74, 6) is 0.313. The highest BCUT2D eigenvalue weighted by Crippen LogP contribution is 2.04. The Balaban J connectivity index is 2.87. The van der Waals surface area contributed by atoms with Crippen LogP contribution < -0.4 is 0 Å². The number of aliphatic imine (C=N–C) groups is 1. The molecular formula is C12H15NO2. The molecule has 0 aliphatic heterocycles. The summed E-state index contributed by atoms with van der Waals surface area (Å²) in [6.07, 6.45) is 0. The first-order chi connectivity index (χ1) is 7.15. The molecule has 0 saturated heterocycles. The van der Waals surface area contributed by atoms with Crippen molar-refractivity contribution in [2.24, 2.45) is 10.9 Å². The summed E-state index contributed by atoms with van der Waals surface area (Å²) in [5.41, 5.74) is 0.577. The zero-order valence-corrected chi connectivity index (χ0v) is 9.23. The summed E-state index contributed by atoms with van der Waals surface area (Å²) >= 11 is 0. The van der Waals surface area contributed by atoms with Crippen molar-refractivity contribution >= 4 is 11.8 Å². The van der Waals surface area contributed by atoms with E-state index in [4.69, 9.17) is 4.74 Å². The molecule has 0 aromatic heterocycles. The van der Waals surface area contributed by atoms with Gasteiger partial charge < -0.3 is 4.74 Å². The van der Waals surface area contributed by atoms with Crippen molar-refractivity contribution in [3.8, 4) is 0 Å². The molecule has 0 spiro atoms. The van der Waals surface area contributed by atoms with Gasteiger partial charge in [0.2, 0.25) is 0 Å². The fourth-order valence-corrected chi connectivity index (χ4v) is 1.16. The van der Waals surface area contributed by atoms with E-state index in [1.165, 1.54) is 7.11 Å². The molecular weight excluding hydrogens is 190 g/mol. The Hall–Kier alpha value is -1.64. The SMILES string of the molecule is COC(=NC(=O)c1ccccc1)C(C)C. The lowest BCUT2D eigenvalue weighted by molar-refractivity contribution is 0.0999. The second-order valence-corrected chi connectivity index (χ2v) is 3.48. The molecule has 0 N–H and O–H groups in total. The van der Waals surface area contributed by atoms with Gasteiger partial charge in [-0.25, -0.2) is 0 Å². The second-order valence-electron chi connectivity index (χ2n) is 3.48. The highest BCUT2D eigenvalue weighted by molar-refractivity contribution is 6.02. The maximum absolute atomic E-state index is 11.7. The maximum Gasteiger partial charge on any atom is 0.279 e. The Bertz CT molecular complexity index is 355. The molecule has 0 unspecified atom stereocenters. The van der Waals surface area contributed by atoms with E-state index in [2.05, 4.69) is 4.99 Å². The smallest absolute Gasteiger partial charge is 0.279 e. The fraction of sp³-hybridized carbons (Fsp3) is 0.333. The molecule has 1 aromatic rings. The number of hydrogen-bond donors (Lipinski definition) is 0. The first-order valence-electron chi connectivity index (χ1n) is 4.87. The van der Waals surface area contributed by atoms with Crippen molar-refractivity contribution in [3.63, 3.8) is 0 Å². The minimum atomic E-state index is -0.263. The summed E-state index contributed by atoms with van der Waals surface area (Å²) in [4.78, 5) is 15.6. The van der Waals surface area contributed by atoms with E-state index in [9.17, 15) is 4.79 Å². The summed E-state index contributed by atoms with van der Waals surface area (Å²) in [7, 11) is 1.52. The number of nitrogens with zero attached hydrogens (tertiary/aromatic N) is 1. The van der Waals surface area contributed by atoms with Crippen LogP contribution in [0.2, 0.25) is 0 Å². The van der Waals surface area contributed by atoms with E-state index >= 15 is 0 Å². The molecule has 1 rings (SSSR count).